The molecule has 0 saturated carbocycles. The molecule has 0 bridgehead atoms. The second kappa shape index (κ2) is 7.82. The monoisotopic (exact) mass is 429 g/mol. The van der Waals surface area contributed by atoms with Gasteiger partial charge in [-0.1, -0.05) is 23.8 Å². The molecule has 0 atom stereocenters. The molecule has 7 heteroatoms. The van der Waals surface area contributed by atoms with E-state index in [2.05, 4.69) is 46.9 Å². The van der Waals surface area contributed by atoms with E-state index in [-0.39, 0.29) is 18.0 Å². The van der Waals surface area contributed by atoms with E-state index in [1.807, 2.05) is 30.0 Å². The van der Waals surface area contributed by atoms with Crippen LogP contribution in [0.4, 0.5) is 5.69 Å². The Labute approximate surface area is 186 Å². The number of H-pyrrole nitrogens is 1. The van der Waals surface area contributed by atoms with Crippen molar-refractivity contribution in [2.45, 2.75) is 27.3 Å². The van der Waals surface area contributed by atoms with E-state index in [1.54, 1.807) is 0 Å². The minimum absolute atomic E-state index is 0.000358. The molecule has 0 spiro atoms. The third-order valence-electron chi connectivity index (χ3n) is 6.58. The third-order valence-corrected chi connectivity index (χ3v) is 6.58. The van der Waals surface area contributed by atoms with Crippen LogP contribution in [0.2, 0.25) is 0 Å². The molecule has 0 unspecified atom stereocenters. The molecule has 0 aliphatic carbocycles. The average Bonchev–Trinajstić information content (AvgIpc) is 3.16. The van der Waals surface area contributed by atoms with Crippen LogP contribution in [-0.4, -0.2) is 51.5 Å². The topological polar surface area (TPSA) is 74.2 Å². The number of fused-ring (bicyclic) bond motifs is 3. The van der Waals surface area contributed by atoms with Crippen molar-refractivity contribution in [3.63, 3.8) is 0 Å². The predicted octanol–water partition coefficient (Wildman–Crippen LogP) is 3.15. The fraction of sp³-hybridized carbons (Fsp3) is 0.320. The molecular weight excluding hydrogens is 402 g/mol. The van der Waals surface area contributed by atoms with E-state index >= 15 is 0 Å². The van der Waals surface area contributed by atoms with Crippen molar-refractivity contribution >= 4 is 33.5 Å². The summed E-state index contributed by atoms with van der Waals surface area (Å²) in [7, 11) is 0. The molecule has 5 rings (SSSR count). The Kier molecular flexibility index (Phi) is 4.96. The van der Waals surface area contributed by atoms with E-state index in [0.29, 0.717) is 24.1 Å². The second-order valence-electron chi connectivity index (χ2n) is 8.66. The Hall–Kier alpha value is -3.61. The molecule has 1 aliphatic rings. The minimum atomic E-state index is -0.216. The first-order valence-corrected chi connectivity index (χ1v) is 11.0. The van der Waals surface area contributed by atoms with E-state index < -0.39 is 0 Å². The number of aromatic nitrogens is 3. The van der Waals surface area contributed by atoms with Gasteiger partial charge in [-0.05, 0) is 50.1 Å². The molecule has 1 aliphatic heterocycles. The average molecular weight is 430 g/mol. The molecule has 0 radical (unpaired) electrons. The Balaban J connectivity index is 1.32. The molecule has 32 heavy (non-hydrogen) atoms. The van der Waals surface area contributed by atoms with Crippen molar-refractivity contribution in [1.82, 2.24) is 19.4 Å². The molecule has 3 heterocycles. The summed E-state index contributed by atoms with van der Waals surface area (Å²) in [5, 5.41) is 0.929. The number of nitrogens with one attached hydrogen (secondary N) is 1. The predicted molar refractivity (Wildman–Crippen MR) is 127 cm³/mol. The van der Waals surface area contributed by atoms with Crippen molar-refractivity contribution in [1.29, 1.82) is 0 Å². The second-order valence-corrected chi connectivity index (χ2v) is 8.66. The smallest absolute Gasteiger partial charge is 0.278 e. The van der Waals surface area contributed by atoms with Gasteiger partial charge in [0.2, 0.25) is 5.91 Å². The van der Waals surface area contributed by atoms with Gasteiger partial charge in [-0.2, -0.15) is 0 Å². The first-order chi connectivity index (χ1) is 15.4. The van der Waals surface area contributed by atoms with Gasteiger partial charge >= 0.3 is 0 Å². The summed E-state index contributed by atoms with van der Waals surface area (Å²) in [6, 6.07) is 12.3. The normalized spacial score (nSPS) is 14.5. The number of rotatable bonds is 3. The number of hydrogen-bond donors (Lipinski definition) is 1. The molecule has 1 amide bonds. The highest BCUT2D eigenvalue weighted by Crippen LogP contribution is 2.24. The van der Waals surface area contributed by atoms with Crippen LogP contribution >= 0.6 is 0 Å². The van der Waals surface area contributed by atoms with E-state index in [4.69, 9.17) is 0 Å². The van der Waals surface area contributed by atoms with Gasteiger partial charge in [-0.15, -0.1) is 0 Å². The largest absolute Gasteiger partial charge is 0.368 e. The number of benzene rings is 2. The molecule has 4 aromatic rings. The lowest BCUT2D eigenvalue weighted by atomic mass is 10.1. The van der Waals surface area contributed by atoms with Crippen molar-refractivity contribution in [2.75, 3.05) is 31.1 Å². The maximum absolute atomic E-state index is 13.0. The Bertz CT molecular complexity index is 1390. The summed E-state index contributed by atoms with van der Waals surface area (Å²) >= 11 is 0. The van der Waals surface area contributed by atoms with Crippen LogP contribution in [0.1, 0.15) is 16.7 Å². The van der Waals surface area contributed by atoms with Crippen LogP contribution in [0.25, 0.3) is 21.9 Å². The molecule has 2 aromatic carbocycles. The van der Waals surface area contributed by atoms with Crippen molar-refractivity contribution in [3.05, 3.63) is 69.8 Å². The molecule has 1 saturated heterocycles. The van der Waals surface area contributed by atoms with Gasteiger partial charge < -0.3 is 14.8 Å². The van der Waals surface area contributed by atoms with Crippen LogP contribution in [0.3, 0.4) is 0 Å². The SMILES string of the molecule is Cc1ccc2[nH]c3c(=O)n(CC(=O)N4CCN(c5cccc(C)c5C)CC4)cnc3c2c1. The maximum atomic E-state index is 13.0. The van der Waals surface area contributed by atoms with E-state index in [1.165, 1.54) is 27.7 Å². The van der Waals surface area contributed by atoms with Crippen LogP contribution in [-0.2, 0) is 11.3 Å². The van der Waals surface area contributed by atoms with Gasteiger partial charge in [0, 0.05) is 42.8 Å². The van der Waals surface area contributed by atoms with Gasteiger partial charge in [0.15, 0.2) is 0 Å². The number of carbonyl (C=O) groups excluding carboxylic acids is 1. The fourth-order valence-corrected chi connectivity index (χ4v) is 4.54. The molecule has 7 nitrogen and oxygen atoms in total. The number of carbonyl (C=O) groups is 1. The lowest BCUT2D eigenvalue weighted by molar-refractivity contribution is -0.132. The highest BCUT2D eigenvalue weighted by molar-refractivity contribution is 6.04. The van der Waals surface area contributed by atoms with Crippen LogP contribution in [0.5, 0.6) is 0 Å². The summed E-state index contributed by atoms with van der Waals surface area (Å²) in [6.07, 6.45) is 1.49. The number of anilines is 1. The number of nitrogens with zero attached hydrogens (tertiary/aromatic N) is 4. The maximum Gasteiger partial charge on any atom is 0.278 e. The first kappa shape index (κ1) is 20.3. The number of amides is 1. The van der Waals surface area contributed by atoms with Crippen molar-refractivity contribution < 1.29 is 4.79 Å². The molecule has 1 N–H and O–H groups in total. The van der Waals surface area contributed by atoms with Gasteiger partial charge in [0.25, 0.3) is 5.56 Å². The Morgan fingerprint density at radius 3 is 2.62 bits per heavy atom. The lowest BCUT2D eigenvalue weighted by Gasteiger charge is -2.37. The third kappa shape index (κ3) is 3.43. The van der Waals surface area contributed by atoms with Gasteiger partial charge in [0.05, 0.1) is 6.33 Å². The van der Waals surface area contributed by atoms with Gasteiger partial charge in [-0.25, -0.2) is 4.98 Å². The van der Waals surface area contributed by atoms with E-state index in [9.17, 15) is 9.59 Å². The standard InChI is InChI=1S/C25H27N5O2/c1-16-7-8-20-19(13-16)23-24(27-20)25(32)30(15-26-23)14-22(31)29-11-9-28(10-12-29)21-6-4-5-17(2)18(21)3/h4-8,13,15,27H,9-12,14H2,1-3H3. The van der Waals surface area contributed by atoms with Gasteiger partial charge in [0.1, 0.15) is 17.6 Å². The summed E-state index contributed by atoms with van der Waals surface area (Å²) in [4.78, 5) is 37.8. The molecular formula is C25H27N5O2. The van der Waals surface area contributed by atoms with Crippen LogP contribution in [0, 0.1) is 20.8 Å². The number of aryl methyl sites for hydroxylation is 2. The molecule has 164 valence electrons. The quantitative estimate of drug-likeness (QED) is 0.543. The van der Waals surface area contributed by atoms with Crippen LogP contribution < -0.4 is 10.5 Å². The first-order valence-electron chi connectivity index (χ1n) is 11.0. The Morgan fingerprint density at radius 2 is 1.84 bits per heavy atom. The van der Waals surface area contributed by atoms with Crippen LogP contribution in [0.15, 0.2) is 47.5 Å². The Morgan fingerprint density at radius 1 is 1.06 bits per heavy atom. The number of aromatic amines is 1. The zero-order chi connectivity index (χ0) is 22.4. The van der Waals surface area contributed by atoms with Gasteiger partial charge in [-0.3, -0.25) is 14.2 Å². The minimum Gasteiger partial charge on any atom is -0.368 e. The molecule has 2 aromatic heterocycles. The summed E-state index contributed by atoms with van der Waals surface area (Å²) in [6.45, 7) is 9.12. The summed E-state index contributed by atoms with van der Waals surface area (Å²) < 4.78 is 1.41. The fourth-order valence-electron chi connectivity index (χ4n) is 4.54. The highest BCUT2D eigenvalue weighted by Gasteiger charge is 2.23. The van der Waals surface area contributed by atoms with E-state index in [0.717, 1.165) is 29.6 Å². The van der Waals surface area contributed by atoms with Crippen molar-refractivity contribution in [2.24, 2.45) is 0 Å². The van der Waals surface area contributed by atoms with Crippen molar-refractivity contribution in [3.8, 4) is 0 Å². The number of hydrogen-bond acceptors (Lipinski definition) is 4. The highest BCUT2D eigenvalue weighted by atomic mass is 16.2. The lowest BCUT2D eigenvalue weighted by Crippen LogP contribution is -2.50. The zero-order valence-electron chi connectivity index (χ0n) is 18.7. The number of piperazine rings is 1. The summed E-state index contributed by atoms with van der Waals surface area (Å²) in [5.74, 6) is -0.0548. The summed E-state index contributed by atoms with van der Waals surface area (Å²) in [5.41, 5.74) is 6.66. The molecule has 1 fully saturated rings. The zero-order valence-corrected chi connectivity index (χ0v) is 18.7.